The van der Waals surface area contributed by atoms with Gasteiger partial charge in [0.25, 0.3) is 0 Å². The molecular formula is C28H36BrN7O5S. The molecule has 0 aliphatic carbocycles. The minimum atomic E-state index is -0.616. The predicted octanol–water partition coefficient (Wildman–Crippen LogP) is 4.89. The quantitative estimate of drug-likeness (QED) is 0.372. The Morgan fingerprint density at radius 1 is 1.21 bits per heavy atom. The second-order valence-corrected chi connectivity index (χ2v) is 13.4. The summed E-state index contributed by atoms with van der Waals surface area (Å²) >= 11 is 5.00. The van der Waals surface area contributed by atoms with E-state index in [1.54, 1.807) is 20.3 Å². The molecule has 2 amide bonds. The van der Waals surface area contributed by atoms with Crippen molar-refractivity contribution in [2.75, 3.05) is 32.7 Å². The molecule has 1 fully saturated rings. The third-order valence-corrected chi connectivity index (χ3v) is 9.27. The normalized spacial score (nSPS) is 16.1. The van der Waals surface area contributed by atoms with E-state index >= 15 is 0 Å². The first-order valence-corrected chi connectivity index (χ1v) is 15.5. The Labute approximate surface area is 257 Å². The van der Waals surface area contributed by atoms with Crippen LogP contribution in [0, 0.1) is 5.92 Å². The summed E-state index contributed by atoms with van der Waals surface area (Å²) in [5, 5.41) is 0.565. The van der Waals surface area contributed by atoms with Crippen LogP contribution in [0.2, 0.25) is 0 Å². The Morgan fingerprint density at radius 2 is 1.90 bits per heavy atom. The molecule has 0 saturated carbocycles. The van der Waals surface area contributed by atoms with Crippen LogP contribution in [-0.2, 0) is 16.1 Å². The first-order valence-electron chi connectivity index (χ1n) is 13.9. The van der Waals surface area contributed by atoms with Crippen molar-refractivity contribution >= 4 is 45.5 Å². The summed E-state index contributed by atoms with van der Waals surface area (Å²) < 4.78 is 19.2. The monoisotopic (exact) mass is 661 g/mol. The lowest BCUT2D eigenvalue weighted by molar-refractivity contribution is -0.137. The number of benzene rings is 1. The molecule has 0 bridgehead atoms. The fraction of sp³-hybridized carbons (Fsp3) is 0.536. The van der Waals surface area contributed by atoms with Gasteiger partial charge in [0, 0.05) is 36.1 Å². The number of hydrogen-bond donors (Lipinski definition) is 1. The summed E-state index contributed by atoms with van der Waals surface area (Å²) in [6.07, 6.45) is 3.88. The number of imidazole rings is 1. The van der Waals surface area contributed by atoms with Crippen molar-refractivity contribution in [1.29, 1.82) is 0 Å². The highest BCUT2D eigenvalue weighted by Crippen LogP contribution is 2.43. The summed E-state index contributed by atoms with van der Waals surface area (Å²) in [6, 6.07) is 3.19. The maximum atomic E-state index is 13.1. The number of halogens is 1. The van der Waals surface area contributed by atoms with Crippen molar-refractivity contribution in [3.05, 3.63) is 22.9 Å². The SMILES string of the molecule is C[C@H](C(=O)N1CCC(CCn2cnc(N)c3nc(Sc4cc5c(cc4Br)OCO5)nc2-3)CC1)N(C)C(=O)OC(C)(C)C. The zero-order valence-corrected chi connectivity index (χ0v) is 26.8. The highest BCUT2D eigenvalue weighted by Gasteiger charge is 2.32. The standard InChI is InChI=1S/C28H36BrN7O5S/c1-16(34(5)27(38)41-28(2,3)4)25(37)35-9-6-17(7-10-35)8-11-36-14-31-23(30)22-24(36)33-26(32-22)42-21-13-20-19(12-18(21)29)39-15-40-20/h12-14,16-17H,6-11,15,30H2,1-5H3/t16-/m1/s1. The second kappa shape index (κ2) is 12.2. The van der Waals surface area contributed by atoms with Crippen LogP contribution in [0.5, 0.6) is 11.5 Å². The molecule has 4 aliphatic rings. The van der Waals surface area contributed by atoms with Gasteiger partial charge in [-0.3, -0.25) is 9.69 Å². The van der Waals surface area contributed by atoms with Crippen LogP contribution < -0.4 is 15.2 Å². The zero-order valence-electron chi connectivity index (χ0n) is 24.4. The van der Waals surface area contributed by atoms with Crippen molar-refractivity contribution in [2.24, 2.45) is 5.92 Å². The van der Waals surface area contributed by atoms with Crippen LogP contribution in [0.1, 0.15) is 47.0 Å². The number of likely N-dealkylation sites (tertiary alicyclic amines) is 1. The average Bonchev–Trinajstić information content (AvgIpc) is 3.58. The first-order chi connectivity index (χ1) is 19.9. The highest BCUT2D eigenvalue weighted by atomic mass is 79.9. The minimum absolute atomic E-state index is 0.0631. The summed E-state index contributed by atoms with van der Waals surface area (Å²) in [6.45, 7) is 9.38. The number of aryl methyl sites for hydroxylation is 1. The lowest BCUT2D eigenvalue weighted by Crippen LogP contribution is -2.50. The van der Waals surface area contributed by atoms with E-state index in [4.69, 9.17) is 24.9 Å². The van der Waals surface area contributed by atoms with E-state index in [9.17, 15) is 9.59 Å². The van der Waals surface area contributed by atoms with Crippen molar-refractivity contribution in [2.45, 2.75) is 75.2 Å². The Morgan fingerprint density at radius 3 is 2.60 bits per heavy atom. The number of piperidine rings is 1. The van der Waals surface area contributed by atoms with Crippen LogP contribution >= 0.6 is 27.7 Å². The van der Waals surface area contributed by atoms with E-state index in [1.165, 1.54) is 16.7 Å². The molecule has 1 aromatic carbocycles. The molecule has 12 nitrogen and oxygen atoms in total. The van der Waals surface area contributed by atoms with Crippen LogP contribution in [0.25, 0.3) is 11.5 Å². The van der Waals surface area contributed by atoms with Crippen molar-refractivity contribution < 1.29 is 23.8 Å². The number of carbonyl (C=O) groups excluding carboxylic acids is 2. The molecule has 2 N–H and O–H groups in total. The Kier molecular flexibility index (Phi) is 8.74. The van der Waals surface area contributed by atoms with Gasteiger partial charge in [-0.2, -0.15) is 0 Å². The van der Waals surface area contributed by atoms with E-state index in [0.717, 1.165) is 28.6 Å². The maximum absolute atomic E-state index is 13.1. The van der Waals surface area contributed by atoms with Gasteiger partial charge in [0.2, 0.25) is 12.7 Å². The van der Waals surface area contributed by atoms with E-state index < -0.39 is 17.7 Å². The molecule has 1 saturated heterocycles. The Bertz CT molecular complexity index is 1440. The summed E-state index contributed by atoms with van der Waals surface area (Å²) in [5.41, 5.74) is 6.11. The molecule has 5 rings (SSSR count). The number of fused-ring (bicyclic) bond motifs is 2. The number of amides is 2. The van der Waals surface area contributed by atoms with Gasteiger partial charge in [0.05, 0.1) is 6.33 Å². The van der Waals surface area contributed by atoms with E-state index in [0.29, 0.717) is 59.5 Å². The molecule has 0 unspecified atom stereocenters. The number of likely N-dealkylation sites (N-methyl/N-ethyl adjacent to an activating group) is 1. The predicted molar refractivity (Wildman–Crippen MR) is 161 cm³/mol. The number of ether oxygens (including phenoxy) is 3. The number of carbonyl (C=O) groups is 2. The average molecular weight is 663 g/mol. The number of rotatable bonds is 7. The van der Waals surface area contributed by atoms with Gasteiger partial charge in [-0.15, -0.1) is 0 Å². The molecule has 14 heteroatoms. The number of nitrogens with zero attached hydrogens (tertiary/aromatic N) is 6. The molecule has 4 aliphatic heterocycles. The third-order valence-electron chi connectivity index (χ3n) is 7.42. The van der Waals surface area contributed by atoms with Gasteiger partial charge in [0.1, 0.15) is 11.6 Å². The molecule has 226 valence electrons. The van der Waals surface area contributed by atoms with Crippen molar-refractivity contribution in [1.82, 2.24) is 29.3 Å². The summed E-state index contributed by atoms with van der Waals surface area (Å²) in [5.74, 6) is 2.78. The number of nitrogen functional groups attached to an aromatic ring is 1. The smallest absolute Gasteiger partial charge is 0.410 e. The molecule has 4 heterocycles. The lowest BCUT2D eigenvalue weighted by Gasteiger charge is -2.36. The van der Waals surface area contributed by atoms with Crippen LogP contribution in [0.4, 0.5) is 10.6 Å². The molecule has 0 radical (unpaired) electrons. The Hall–Kier alpha value is -3.26. The number of anilines is 1. The molecule has 1 aromatic rings. The molecule has 0 aromatic heterocycles. The van der Waals surface area contributed by atoms with Gasteiger partial charge in [-0.25, -0.2) is 19.7 Å². The molecule has 0 spiro atoms. The number of nitrogens with two attached hydrogens (primary N) is 1. The first kappa shape index (κ1) is 30.2. The van der Waals surface area contributed by atoms with Crippen LogP contribution in [-0.4, -0.2) is 79.9 Å². The Balaban J connectivity index is 1.18. The fourth-order valence-electron chi connectivity index (χ4n) is 4.90. The van der Waals surface area contributed by atoms with Crippen LogP contribution in [0.15, 0.2) is 33.0 Å². The summed E-state index contributed by atoms with van der Waals surface area (Å²) in [7, 11) is 1.60. The van der Waals surface area contributed by atoms with Gasteiger partial charge in [-0.05, 0) is 92.7 Å². The lowest BCUT2D eigenvalue weighted by atomic mass is 9.93. The van der Waals surface area contributed by atoms with E-state index in [-0.39, 0.29) is 12.7 Å². The molecule has 42 heavy (non-hydrogen) atoms. The van der Waals surface area contributed by atoms with Crippen LogP contribution in [0.3, 0.4) is 0 Å². The third kappa shape index (κ3) is 6.69. The second-order valence-electron chi connectivity index (χ2n) is 11.6. The molecule has 1 atom stereocenters. The van der Waals surface area contributed by atoms with Gasteiger partial charge < -0.3 is 29.4 Å². The van der Waals surface area contributed by atoms with Gasteiger partial charge in [-0.1, -0.05) is 0 Å². The van der Waals surface area contributed by atoms with Gasteiger partial charge >= 0.3 is 6.09 Å². The van der Waals surface area contributed by atoms with E-state index in [1.807, 2.05) is 42.4 Å². The summed E-state index contributed by atoms with van der Waals surface area (Å²) in [4.78, 5) is 43.4. The van der Waals surface area contributed by atoms with Crippen molar-refractivity contribution in [3.8, 4) is 23.0 Å². The van der Waals surface area contributed by atoms with E-state index in [2.05, 4.69) is 25.9 Å². The number of hydrogen-bond acceptors (Lipinski definition) is 10. The largest absolute Gasteiger partial charge is 0.454 e. The topological polar surface area (TPSA) is 138 Å². The molecular weight excluding hydrogens is 626 g/mol. The minimum Gasteiger partial charge on any atom is -0.454 e. The van der Waals surface area contributed by atoms with Gasteiger partial charge in [0.15, 0.2) is 34.0 Å². The highest BCUT2D eigenvalue weighted by molar-refractivity contribution is 9.10. The zero-order chi connectivity index (χ0) is 30.2. The van der Waals surface area contributed by atoms with Crippen molar-refractivity contribution in [3.63, 3.8) is 0 Å². The fourth-order valence-corrected chi connectivity index (χ4v) is 6.26. The maximum Gasteiger partial charge on any atom is 0.410 e. The number of aromatic nitrogens is 4.